The smallest absolute Gasteiger partial charge is 0.338 e. The molecular formula is C33H25N3O6S. The maximum Gasteiger partial charge on any atom is 0.338 e. The molecule has 5 aromatic rings. The van der Waals surface area contributed by atoms with Crippen LogP contribution >= 0.6 is 11.3 Å². The number of benzene rings is 3. The Morgan fingerprint density at radius 1 is 1.07 bits per heavy atom. The van der Waals surface area contributed by atoms with Gasteiger partial charge in [0.1, 0.15) is 11.5 Å². The van der Waals surface area contributed by atoms with Crippen molar-refractivity contribution in [1.29, 1.82) is 0 Å². The maximum absolute atomic E-state index is 14.0. The number of carbonyl (C=O) groups is 1. The first-order valence-corrected chi connectivity index (χ1v) is 14.4. The molecule has 0 bridgehead atoms. The Labute approximate surface area is 249 Å². The minimum Gasteiger partial charge on any atom is -0.463 e. The number of nitro groups is 1. The Kier molecular flexibility index (Phi) is 7.43. The lowest BCUT2D eigenvalue weighted by molar-refractivity contribution is -0.384. The summed E-state index contributed by atoms with van der Waals surface area (Å²) in [5.41, 5.74) is 3.30. The zero-order valence-electron chi connectivity index (χ0n) is 23.2. The number of furan rings is 1. The Bertz CT molecular complexity index is 2070. The zero-order valence-corrected chi connectivity index (χ0v) is 24.0. The number of non-ortho nitro benzene ring substituents is 1. The highest BCUT2D eigenvalue weighted by molar-refractivity contribution is 7.07. The zero-order chi connectivity index (χ0) is 30.1. The predicted octanol–water partition coefficient (Wildman–Crippen LogP) is 5.41. The van der Waals surface area contributed by atoms with Gasteiger partial charge in [0.25, 0.3) is 11.2 Å². The molecule has 0 saturated heterocycles. The molecular weight excluding hydrogens is 566 g/mol. The summed E-state index contributed by atoms with van der Waals surface area (Å²) in [6.07, 6.45) is 1.65. The van der Waals surface area contributed by atoms with Crippen molar-refractivity contribution in [2.24, 2.45) is 4.99 Å². The van der Waals surface area contributed by atoms with Gasteiger partial charge in [0.05, 0.1) is 33.4 Å². The van der Waals surface area contributed by atoms with E-state index in [0.717, 1.165) is 11.1 Å². The predicted molar refractivity (Wildman–Crippen MR) is 163 cm³/mol. The third-order valence-electron chi connectivity index (χ3n) is 7.08. The molecule has 2 aromatic heterocycles. The van der Waals surface area contributed by atoms with Crippen molar-refractivity contribution in [3.05, 3.63) is 149 Å². The van der Waals surface area contributed by atoms with E-state index >= 15 is 0 Å². The van der Waals surface area contributed by atoms with Crippen molar-refractivity contribution in [1.82, 2.24) is 4.57 Å². The molecule has 214 valence electrons. The molecule has 0 saturated carbocycles. The second kappa shape index (κ2) is 11.5. The molecule has 6 rings (SSSR count). The third-order valence-corrected chi connectivity index (χ3v) is 8.06. The number of aryl methyl sites for hydroxylation is 1. The Morgan fingerprint density at radius 3 is 2.47 bits per heavy atom. The van der Waals surface area contributed by atoms with Crippen LogP contribution in [0.3, 0.4) is 0 Å². The number of rotatable bonds is 7. The highest BCUT2D eigenvalue weighted by Gasteiger charge is 2.35. The van der Waals surface area contributed by atoms with Gasteiger partial charge in [-0.15, -0.1) is 0 Å². The number of fused-ring (bicyclic) bond motifs is 1. The summed E-state index contributed by atoms with van der Waals surface area (Å²) in [4.78, 5) is 43.5. The quantitative estimate of drug-likeness (QED) is 0.142. The van der Waals surface area contributed by atoms with Gasteiger partial charge in [-0.1, -0.05) is 72.0 Å². The molecule has 0 radical (unpaired) electrons. The largest absolute Gasteiger partial charge is 0.463 e. The fraction of sp³-hybridized carbons (Fsp3) is 0.121. The Morgan fingerprint density at radius 2 is 1.79 bits per heavy atom. The molecule has 0 fully saturated rings. The number of ether oxygens (including phenoxy) is 1. The van der Waals surface area contributed by atoms with E-state index in [0.29, 0.717) is 37.7 Å². The molecule has 0 unspecified atom stereocenters. The Hall–Kier alpha value is -5.35. The topological polar surface area (TPSA) is 117 Å². The van der Waals surface area contributed by atoms with E-state index < -0.39 is 16.9 Å². The van der Waals surface area contributed by atoms with E-state index in [-0.39, 0.29) is 23.4 Å². The summed E-state index contributed by atoms with van der Waals surface area (Å²) in [5.74, 6) is 0.411. The van der Waals surface area contributed by atoms with Gasteiger partial charge in [-0.25, -0.2) is 9.79 Å². The molecule has 43 heavy (non-hydrogen) atoms. The average molecular weight is 592 g/mol. The van der Waals surface area contributed by atoms with Crippen molar-refractivity contribution in [3.63, 3.8) is 0 Å². The summed E-state index contributed by atoms with van der Waals surface area (Å²) in [7, 11) is 0. The number of carbonyl (C=O) groups excluding carboxylic acids is 1. The first kappa shape index (κ1) is 27.8. The van der Waals surface area contributed by atoms with Gasteiger partial charge in [-0.05, 0) is 43.2 Å². The second-order valence-corrected chi connectivity index (χ2v) is 10.8. The SMILES string of the molecule is CCOC(=O)C1=C(c2ccccc2)N=c2s/c(=C\c3ccc(-c4ccc([N+](=O)[O-])cc4C)o3)c(=O)n2[C@@H]1c1ccccc1. The third kappa shape index (κ3) is 5.24. The lowest BCUT2D eigenvalue weighted by Gasteiger charge is -2.25. The van der Waals surface area contributed by atoms with Crippen LogP contribution in [0.25, 0.3) is 23.1 Å². The second-order valence-electron chi connectivity index (χ2n) is 9.80. The van der Waals surface area contributed by atoms with Crippen LogP contribution in [-0.2, 0) is 9.53 Å². The van der Waals surface area contributed by atoms with Crippen molar-refractivity contribution in [2.45, 2.75) is 19.9 Å². The minimum atomic E-state index is -0.760. The normalized spacial score (nSPS) is 14.7. The van der Waals surface area contributed by atoms with Crippen molar-refractivity contribution in [2.75, 3.05) is 6.61 Å². The van der Waals surface area contributed by atoms with E-state index in [1.165, 1.54) is 28.0 Å². The van der Waals surface area contributed by atoms with Crippen LogP contribution in [0.1, 0.15) is 35.4 Å². The molecule has 0 amide bonds. The maximum atomic E-state index is 14.0. The summed E-state index contributed by atoms with van der Waals surface area (Å²) >= 11 is 1.20. The van der Waals surface area contributed by atoms with Crippen LogP contribution in [0.4, 0.5) is 5.69 Å². The number of thiazole rings is 1. The highest BCUT2D eigenvalue weighted by atomic mass is 32.1. The molecule has 1 aliphatic heterocycles. The standard InChI is InChI=1S/C33H25N3O6S/c1-3-41-32(38)28-29(21-10-6-4-7-11-21)34-33-35(30(28)22-12-8-5-9-13-22)31(37)27(43-33)19-24-15-17-26(42-24)25-16-14-23(36(39)40)18-20(25)2/h4-19,30H,3H2,1-2H3/b27-19-/t30-/m1/s1. The van der Waals surface area contributed by atoms with E-state index in [4.69, 9.17) is 14.1 Å². The van der Waals surface area contributed by atoms with E-state index in [1.54, 1.807) is 38.1 Å². The van der Waals surface area contributed by atoms with Crippen molar-refractivity contribution < 1.29 is 18.9 Å². The van der Waals surface area contributed by atoms with E-state index in [2.05, 4.69) is 0 Å². The van der Waals surface area contributed by atoms with Gasteiger partial charge >= 0.3 is 5.97 Å². The van der Waals surface area contributed by atoms with Crippen LogP contribution in [0.2, 0.25) is 0 Å². The lowest BCUT2D eigenvalue weighted by atomic mass is 9.93. The van der Waals surface area contributed by atoms with Crippen LogP contribution in [0.15, 0.2) is 111 Å². The van der Waals surface area contributed by atoms with Crippen LogP contribution < -0.4 is 14.9 Å². The monoisotopic (exact) mass is 591 g/mol. The number of nitro benzene ring substituents is 1. The number of hydrogen-bond acceptors (Lipinski definition) is 8. The molecule has 9 nitrogen and oxygen atoms in total. The molecule has 0 aliphatic carbocycles. The molecule has 1 atom stereocenters. The molecule has 3 aromatic carbocycles. The molecule has 0 spiro atoms. The molecule has 10 heteroatoms. The first-order valence-electron chi connectivity index (χ1n) is 13.5. The van der Waals surface area contributed by atoms with E-state index in [1.807, 2.05) is 60.7 Å². The van der Waals surface area contributed by atoms with Crippen LogP contribution in [-0.4, -0.2) is 22.1 Å². The summed E-state index contributed by atoms with van der Waals surface area (Å²) in [6, 6.07) is 26.0. The summed E-state index contributed by atoms with van der Waals surface area (Å²) in [6.45, 7) is 3.69. The highest BCUT2D eigenvalue weighted by Crippen LogP contribution is 2.35. The van der Waals surface area contributed by atoms with Crippen molar-refractivity contribution >= 4 is 34.8 Å². The minimum absolute atomic E-state index is 0.000769. The summed E-state index contributed by atoms with van der Waals surface area (Å²) in [5, 5.41) is 11.1. The van der Waals surface area contributed by atoms with Gasteiger partial charge in [0.2, 0.25) is 0 Å². The van der Waals surface area contributed by atoms with Crippen molar-refractivity contribution in [3.8, 4) is 11.3 Å². The molecule has 0 N–H and O–H groups in total. The van der Waals surface area contributed by atoms with Crippen LogP contribution in [0.5, 0.6) is 0 Å². The van der Waals surface area contributed by atoms with Gasteiger partial charge in [-0.3, -0.25) is 19.5 Å². The lowest BCUT2D eigenvalue weighted by Crippen LogP contribution is -2.39. The summed E-state index contributed by atoms with van der Waals surface area (Å²) < 4.78 is 13.5. The number of esters is 1. The first-order chi connectivity index (χ1) is 20.9. The number of aromatic nitrogens is 1. The molecule has 3 heterocycles. The van der Waals surface area contributed by atoms with Gasteiger partial charge in [0.15, 0.2) is 4.80 Å². The van der Waals surface area contributed by atoms with Gasteiger partial charge in [-0.2, -0.15) is 0 Å². The fourth-order valence-electron chi connectivity index (χ4n) is 5.13. The fourth-order valence-corrected chi connectivity index (χ4v) is 6.11. The van der Waals surface area contributed by atoms with Crippen LogP contribution in [0, 0.1) is 17.0 Å². The van der Waals surface area contributed by atoms with Gasteiger partial charge in [0, 0.05) is 29.3 Å². The van der Waals surface area contributed by atoms with E-state index in [9.17, 15) is 19.7 Å². The van der Waals surface area contributed by atoms with Gasteiger partial charge < -0.3 is 9.15 Å². The average Bonchev–Trinajstić information content (AvgIpc) is 3.61. The number of nitrogens with zero attached hydrogens (tertiary/aromatic N) is 3. The number of hydrogen-bond donors (Lipinski definition) is 0. The molecule has 1 aliphatic rings. The Balaban J connectivity index is 1.52.